The molecule has 1 heterocycles. The molecule has 30 heavy (non-hydrogen) atoms. The first-order valence-corrected chi connectivity index (χ1v) is 9.66. The highest BCUT2D eigenvalue weighted by Crippen LogP contribution is 2.15. The Labute approximate surface area is 172 Å². The van der Waals surface area contributed by atoms with Crippen molar-refractivity contribution in [2.45, 2.75) is 6.42 Å². The van der Waals surface area contributed by atoms with Gasteiger partial charge in [-0.15, -0.1) is 0 Å². The fourth-order valence-electron chi connectivity index (χ4n) is 3.20. The van der Waals surface area contributed by atoms with Gasteiger partial charge in [0, 0.05) is 18.7 Å². The number of nitrogens with one attached hydrogen (secondary N) is 3. The SMILES string of the molecule is O=C(NCCCNC(=O)c1nc2ccccc2c(=O)[nH]1)c1ccc2ccccc2c1. The number of hydrogen-bond acceptors (Lipinski definition) is 4. The maximum absolute atomic E-state index is 12.3. The zero-order chi connectivity index (χ0) is 20.9. The Morgan fingerprint density at radius 3 is 2.37 bits per heavy atom. The quantitative estimate of drug-likeness (QED) is 0.433. The molecular weight excluding hydrogens is 380 g/mol. The predicted molar refractivity (Wildman–Crippen MR) is 116 cm³/mol. The standard InChI is InChI=1S/C23H20N4O3/c28-21(17-11-10-15-6-1-2-7-16(15)14-17)24-12-5-13-25-23(30)20-26-19-9-4-3-8-18(19)22(29)27-20/h1-4,6-11,14H,5,12-13H2,(H,24,28)(H,25,30)(H,26,27,29). The summed E-state index contributed by atoms with van der Waals surface area (Å²) < 4.78 is 0. The molecule has 3 aromatic carbocycles. The summed E-state index contributed by atoms with van der Waals surface area (Å²) in [6, 6.07) is 20.3. The van der Waals surface area contributed by atoms with Crippen LogP contribution >= 0.6 is 0 Å². The number of benzene rings is 3. The molecule has 0 bridgehead atoms. The normalized spacial score (nSPS) is 10.8. The third-order valence-corrected chi connectivity index (χ3v) is 4.76. The van der Waals surface area contributed by atoms with Gasteiger partial charge in [-0.25, -0.2) is 4.98 Å². The first-order chi connectivity index (χ1) is 14.6. The second-order valence-corrected chi connectivity index (χ2v) is 6.86. The van der Waals surface area contributed by atoms with Crippen LogP contribution in [-0.2, 0) is 0 Å². The van der Waals surface area contributed by atoms with Gasteiger partial charge in [0.05, 0.1) is 10.9 Å². The molecule has 0 saturated carbocycles. The van der Waals surface area contributed by atoms with Crippen molar-refractivity contribution in [3.63, 3.8) is 0 Å². The van der Waals surface area contributed by atoms with Gasteiger partial charge in [0.1, 0.15) is 0 Å². The van der Waals surface area contributed by atoms with Gasteiger partial charge < -0.3 is 15.6 Å². The molecule has 4 rings (SSSR count). The van der Waals surface area contributed by atoms with Crippen LogP contribution in [0.3, 0.4) is 0 Å². The van der Waals surface area contributed by atoms with Crippen molar-refractivity contribution >= 4 is 33.5 Å². The molecule has 0 atom stereocenters. The van der Waals surface area contributed by atoms with Crippen molar-refractivity contribution in [2.75, 3.05) is 13.1 Å². The lowest BCUT2D eigenvalue weighted by Gasteiger charge is -2.08. The van der Waals surface area contributed by atoms with E-state index in [2.05, 4.69) is 20.6 Å². The number of fused-ring (bicyclic) bond motifs is 2. The van der Waals surface area contributed by atoms with Crippen LogP contribution in [0.4, 0.5) is 0 Å². The summed E-state index contributed by atoms with van der Waals surface area (Å²) >= 11 is 0. The van der Waals surface area contributed by atoms with Gasteiger partial charge in [0.25, 0.3) is 17.4 Å². The molecule has 4 aromatic rings. The Bertz CT molecular complexity index is 1300. The van der Waals surface area contributed by atoms with E-state index in [0.717, 1.165) is 10.8 Å². The topological polar surface area (TPSA) is 104 Å². The molecule has 0 fully saturated rings. The molecule has 0 saturated heterocycles. The second-order valence-electron chi connectivity index (χ2n) is 6.86. The van der Waals surface area contributed by atoms with E-state index >= 15 is 0 Å². The molecule has 0 aliphatic carbocycles. The van der Waals surface area contributed by atoms with E-state index < -0.39 is 5.91 Å². The van der Waals surface area contributed by atoms with Gasteiger partial charge in [-0.05, 0) is 41.5 Å². The number of carbonyl (C=O) groups excluding carboxylic acids is 2. The number of H-pyrrole nitrogens is 1. The lowest BCUT2D eigenvalue weighted by molar-refractivity contribution is 0.0942. The van der Waals surface area contributed by atoms with Crippen molar-refractivity contribution in [3.8, 4) is 0 Å². The highest BCUT2D eigenvalue weighted by atomic mass is 16.2. The summed E-state index contributed by atoms with van der Waals surface area (Å²) in [6.07, 6.45) is 0.545. The number of aromatic nitrogens is 2. The highest BCUT2D eigenvalue weighted by molar-refractivity contribution is 5.98. The van der Waals surface area contributed by atoms with E-state index in [1.54, 1.807) is 30.3 Å². The van der Waals surface area contributed by atoms with Crippen molar-refractivity contribution in [3.05, 3.63) is 88.5 Å². The number of amides is 2. The van der Waals surface area contributed by atoms with E-state index in [9.17, 15) is 14.4 Å². The maximum Gasteiger partial charge on any atom is 0.287 e. The molecule has 150 valence electrons. The van der Waals surface area contributed by atoms with Crippen molar-refractivity contribution in [2.24, 2.45) is 0 Å². The van der Waals surface area contributed by atoms with Crippen LogP contribution in [0.2, 0.25) is 0 Å². The smallest absolute Gasteiger partial charge is 0.287 e. The summed E-state index contributed by atoms with van der Waals surface area (Å²) in [7, 11) is 0. The van der Waals surface area contributed by atoms with Crippen LogP contribution in [-0.4, -0.2) is 34.9 Å². The molecular formula is C23H20N4O3. The maximum atomic E-state index is 12.3. The van der Waals surface area contributed by atoms with E-state index in [1.807, 2.05) is 36.4 Å². The minimum atomic E-state index is -0.460. The lowest BCUT2D eigenvalue weighted by atomic mass is 10.1. The Morgan fingerprint density at radius 1 is 0.833 bits per heavy atom. The van der Waals surface area contributed by atoms with Crippen LogP contribution < -0.4 is 16.2 Å². The highest BCUT2D eigenvalue weighted by Gasteiger charge is 2.11. The molecule has 2 amide bonds. The van der Waals surface area contributed by atoms with Crippen molar-refractivity contribution in [1.29, 1.82) is 0 Å². The van der Waals surface area contributed by atoms with Crippen LogP contribution in [0.25, 0.3) is 21.7 Å². The van der Waals surface area contributed by atoms with Gasteiger partial charge in [-0.1, -0.05) is 42.5 Å². The first-order valence-electron chi connectivity index (χ1n) is 9.66. The third-order valence-electron chi connectivity index (χ3n) is 4.76. The molecule has 0 unspecified atom stereocenters. The summed E-state index contributed by atoms with van der Waals surface area (Å²) in [5.74, 6) is -0.648. The van der Waals surface area contributed by atoms with E-state index in [0.29, 0.717) is 36.0 Å². The number of para-hydroxylation sites is 1. The lowest BCUT2D eigenvalue weighted by Crippen LogP contribution is -2.31. The van der Waals surface area contributed by atoms with Crippen LogP contribution in [0.1, 0.15) is 27.4 Å². The Hall–Kier alpha value is -4.00. The Kier molecular flexibility index (Phi) is 5.52. The van der Waals surface area contributed by atoms with Crippen molar-refractivity contribution in [1.82, 2.24) is 20.6 Å². The zero-order valence-corrected chi connectivity index (χ0v) is 16.1. The minimum Gasteiger partial charge on any atom is -0.352 e. The summed E-state index contributed by atoms with van der Waals surface area (Å²) in [4.78, 5) is 43.3. The molecule has 7 nitrogen and oxygen atoms in total. The second kappa shape index (κ2) is 8.57. The third kappa shape index (κ3) is 4.20. The summed E-state index contributed by atoms with van der Waals surface area (Å²) in [5.41, 5.74) is 0.707. The summed E-state index contributed by atoms with van der Waals surface area (Å²) in [5, 5.41) is 8.08. The molecule has 0 spiro atoms. The van der Waals surface area contributed by atoms with Gasteiger partial charge in [-0.2, -0.15) is 0 Å². The number of rotatable bonds is 6. The number of aromatic amines is 1. The molecule has 7 heteroatoms. The van der Waals surface area contributed by atoms with Crippen LogP contribution in [0.15, 0.2) is 71.5 Å². The van der Waals surface area contributed by atoms with E-state index in [4.69, 9.17) is 0 Å². The van der Waals surface area contributed by atoms with Crippen molar-refractivity contribution < 1.29 is 9.59 Å². The fourth-order valence-corrected chi connectivity index (χ4v) is 3.20. The average Bonchev–Trinajstić information content (AvgIpc) is 2.78. The molecule has 3 N–H and O–H groups in total. The molecule has 0 aliphatic heterocycles. The first kappa shape index (κ1) is 19.3. The minimum absolute atomic E-state index is 0.0288. The predicted octanol–water partition coefficient (Wildman–Crippen LogP) is 2.63. The zero-order valence-electron chi connectivity index (χ0n) is 16.1. The van der Waals surface area contributed by atoms with Gasteiger partial charge in [0.15, 0.2) is 5.82 Å². The van der Waals surface area contributed by atoms with E-state index in [1.165, 1.54) is 0 Å². The molecule has 0 radical (unpaired) electrons. The van der Waals surface area contributed by atoms with E-state index in [-0.39, 0.29) is 17.3 Å². The largest absolute Gasteiger partial charge is 0.352 e. The van der Waals surface area contributed by atoms with Crippen LogP contribution in [0.5, 0.6) is 0 Å². The summed E-state index contributed by atoms with van der Waals surface area (Å²) in [6.45, 7) is 0.751. The molecule has 0 aliphatic rings. The Balaban J connectivity index is 1.28. The average molecular weight is 400 g/mol. The Morgan fingerprint density at radius 2 is 1.53 bits per heavy atom. The fraction of sp³-hybridized carbons (Fsp3) is 0.130. The van der Waals surface area contributed by atoms with Gasteiger partial charge in [0.2, 0.25) is 0 Å². The van der Waals surface area contributed by atoms with Gasteiger partial charge in [-0.3, -0.25) is 14.4 Å². The number of carbonyl (C=O) groups is 2. The number of hydrogen-bond donors (Lipinski definition) is 3. The monoisotopic (exact) mass is 400 g/mol. The molecule has 1 aromatic heterocycles. The van der Waals surface area contributed by atoms with Gasteiger partial charge >= 0.3 is 0 Å². The van der Waals surface area contributed by atoms with Crippen LogP contribution in [0, 0.1) is 0 Å². The number of nitrogens with zero attached hydrogens (tertiary/aromatic N) is 1.